The summed E-state index contributed by atoms with van der Waals surface area (Å²) in [6.45, 7) is 7.12. The zero-order valence-electron chi connectivity index (χ0n) is 18.5. The van der Waals surface area contributed by atoms with Gasteiger partial charge < -0.3 is 25.8 Å². The molecule has 30 heavy (non-hydrogen) atoms. The van der Waals surface area contributed by atoms with Crippen LogP contribution in [0.15, 0.2) is 29.3 Å². The third-order valence-corrected chi connectivity index (χ3v) is 4.87. The molecule has 1 heterocycles. The first-order valence-electron chi connectivity index (χ1n) is 10.8. The van der Waals surface area contributed by atoms with Crippen molar-refractivity contribution >= 4 is 17.8 Å². The molecule has 2 amide bonds. The van der Waals surface area contributed by atoms with E-state index in [1.165, 1.54) is 0 Å². The fourth-order valence-electron chi connectivity index (χ4n) is 3.24. The SMILES string of the molecule is CCNC(=NCc1cccc(C(=O)NCCN(C)C)c1)NCCCN1CCCC1=O. The number of nitrogens with zero attached hydrogens (tertiary/aromatic N) is 3. The van der Waals surface area contributed by atoms with Gasteiger partial charge in [-0.05, 0) is 51.6 Å². The number of likely N-dealkylation sites (tertiary alicyclic amines) is 1. The topological polar surface area (TPSA) is 89.1 Å². The summed E-state index contributed by atoms with van der Waals surface area (Å²) in [7, 11) is 3.96. The van der Waals surface area contributed by atoms with Crippen molar-refractivity contribution in [2.24, 2.45) is 4.99 Å². The number of aliphatic imine (C=N–C) groups is 1. The number of nitrogens with one attached hydrogen (secondary N) is 3. The van der Waals surface area contributed by atoms with Crippen molar-refractivity contribution in [3.8, 4) is 0 Å². The molecule has 166 valence electrons. The molecule has 1 aromatic carbocycles. The molecule has 0 radical (unpaired) electrons. The van der Waals surface area contributed by atoms with Crippen molar-refractivity contribution in [2.75, 3.05) is 53.4 Å². The van der Waals surface area contributed by atoms with Gasteiger partial charge in [-0.1, -0.05) is 12.1 Å². The summed E-state index contributed by atoms with van der Waals surface area (Å²) in [5.41, 5.74) is 1.63. The van der Waals surface area contributed by atoms with Gasteiger partial charge in [-0.3, -0.25) is 9.59 Å². The molecule has 0 unspecified atom stereocenters. The van der Waals surface area contributed by atoms with Gasteiger partial charge in [0.05, 0.1) is 6.54 Å². The molecule has 1 aliphatic heterocycles. The molecule has 1 aliphatic rings. The summed E-state index contributed by atoms with van der Waals surface area (Å²) in [6.07, 6.45) is 2.55. The van der Waals surface area contributed by atoms with Gasteiger partial charge in [0.25, 0.3) is 5.91 Å². The number of likely N-dealkylation sites (N-methyl/N-ethyl adjacent to an activating group) is 1. The van der Waals surface area contributed by atoms with Crippen LogP contribution in [0.2, 0.25) is 0 Å². The Morgan fingerprint density at radius 1 is 1.20 bits per heavy atom. The van der Waals surface area contributed by atoms with Crippen molar-refractivity contribution in [1.29, 1.82) is 0 Å². The van der Waals surface area contributed by atoms with Gasteiger partial charge in [-0.25, -0.2) is 4.99 Å². The Kier molecular flexibility index (Phi) is 10.1. The van der Waals surface area contributed by atoms with Crippen LogP contribution in [0, 0.1) is 0 Å². The number of amides is 2. The molecule has 2 rings (SSSR count). The Morgan fingerprint density at radius 2 is 2.03 bits per heavy atom. The molecule has 1 fully saturated rings. The Balaban J connectivity index is 1.82. The highest BCUT2D eigenvalue weighted by Gasteiger charge is 2.18. The number of rotatable bonds is 11. The highest BCUT2D eigenvalue weighted by atomic mass is 16.2. The Bertz CT molecular complexity index is 719. The minimum Gasteiger partial charge on any atom is -0.357 e. The van der Waals surface area contributed by atoms with Crippen LogP contribution in [0.1, 0.15) is 42.1 Å². The average molecular weight is 417 g/mol. The van der Waals surface area contributed by atoms with Crippen molar-refractivity contribution in [3.63, 3.8) is 0 Å². The minimum absolute atomic E-state index is 0.0656. The van der Waals surface area contributed by atoms with Crippen LogP contribution < -0.4 is 16.0 Å². The summed E-state index contributed by atoms with van der Waals surface area (Å²) < 4.78 is 0. The number of carbonyl (C=O) groups excluding carboxylic acids is 2. The lowest BCUT2D eigenvalue weighted by atomic mass is 10.1. The molecule has 1 aromatic rings. The van der Waals surface area contributed by atoms with Crippen LogP contribution >= 0.6 is 0 Å². The first kappa shape index (κ1) is 23.7. The molecule has 0 atom stereocenters. The van der Waals surface area contributed by atoms with E-state index in [9.17, 15) is 9.59 Å². The standard InChI is InChI=1S/C22H36N6O2/c1-4-23-22(25-11-7-14-28-13-6-10-20(28)29)26-17-18-8-5-9-19(16-18)21(30)24-12-15-27(2)3/h5,8-9,16H,4,6-7,10-15,17H2,1-3H3,(H,24,30)(H2,23,25,26). The largest absolute Gasteiger partial charge is 0.357 e. The number of benzene rings is 1. The predicted molar refractivity (Wildman–Crippen MR) is 121 cm³/mol. The number of hydrogen-bond acceptors (Lipinski definition) is 4. The van der Waals surface area contributed by atoms with Crippen molar-refractivity contribution in [2.45, 2.75) is 32.7 Å². The monoisotopic (exact) mass is 416 g/mol. The molecule has 0 spiro atoms. The van der Waals surface area contributed by atoms with Gasteiger partial charge in [0.1, 0.15) is 0 Å². The van der Waals surface area contributed by atoms with Gasteiger partial charge in [-0.2, -0.15) is 0 Å². The quantitative estimate of drug-likeness (QED) is 0.285. The summed E-state index contributed by atoms with van der Waals surface area (Å²) in [4.78, 5) is 32.6. The summed E-state index contributed by atoms with van der Waals surface area (Å²) in [5, 5.41) is 9.50. The third-order valence-electron chi connectivity index (χ3n) is 4.87. The second kappa shape index (κ2) is 12.8. The van der Waals surface area contributed by atoms with E-state index in [1.54, 1.807) is 0 Å². The molecule has 8 heteroatoms. The molecule has 0 bridgehead atoms. The maximum Gasteiger partial charge on any atom is 0.251 e. The Labute approximate surface area is 180 Å². The highest BCUT2D eigenvalue weighted by Crippen LogP contribution is 2.09. The van der Waals surface area contributed by atoms with E-state index < -0.39 is 0 Å². The smallest absolute Gasteiger partial charge is 0.251 e. The molecule has 1 saturated heterocycles. The normalized spacial score (nSPS) is 14.3. The van der Waals surface area contributed by atoms with E-state index in [4.69, 9.17) is 0 Å². The summed E-state index contributed by atoms with van der Waals surface area (Å²) in [6, 6.07) is 7.57. The van der Waals surface area contributed by atoms with Crippen LogP contribution in [0.4, 0.5) is 0 Å². The van der Waals surface area contributed by atoms with Crippen LogP contribution in [0.5, 0.6) is 0 Å². The second-order valence-corrected chi connectivity index (χ2v) is 7.72. The predicted octanol–water partition coefficient (Wildman–Crippen LogP) is 1.05. The van der Waals surface area contributed by atoms with Crippen LogP contribution in [-0.2, 0) is 11.3 Å². The minimum atomic E-state index is -0.0656. The van der Waals surface area contributed by atoms with E-state index >= 15 is 0 Å². The lowest BCUT2D eigenvalue weighted by Crippen LogP contribution is -2.39. The Morgan fingerprint density at radius 3 is 2.73 bits per heavy atom. The molecule has 0 saturated carbocycles. The van der Waals surface area contributed by atoms with Crippen LogP contribution in [-0.4, -0.2) is 80.9 Å². The van der Waals surface area contributed by atoms with Gasteiger partial charge >= 0.3 is 0 Å². The van der Waals surface area contributed by atoms with Crippen LogP contribution in [0.3, 0.4) is 0 Å². The van der Waals surface area contributed by atoms with E-state index in [0.29, 0.717) is 25.1 Å². The summed E-state index contributed by atoms with van der Waals surface area (Å²) >= 11 is 0. The number of carbonyl (C=O) groups is 2. The zero-order valence-corrected chi connectivity index (χ0v) is 18.5. The van der Waals surface area contributed by atoms with Gasteiger partial charge in [0.2, 0.25) is 5.91 Å². The molecule has 8 nitrogen and oxygen atoms in total. The van der Waals surface area contributed by atoms with Crippen LogP contribution in [0.25, 0.3) is 0 Å². The third kappa shape index (κ3) is 8.41. The van der Waals surface area contributed by atoms with Gasteiger partial charge in [-0.15, -0.1) is 0 Å². The Hall–Kier alpha value is -2.61. The van der Waals surface area contributed by atoms with Crippen molar-refractivity contribution in [1.82, 2.24) is 25.8 Å². The maximum atomic E-state index is 12.3. The fraction of sp³-hybridized carbons (Fsp3) is 0.591. The van der Waals surface area contributed by atoms with E-state index in [-0.39, 0.29) is 11.8 Å². The number of hydrogen-bond donors (Lipinski definition) is 3. The highest BCUT2D eigenvalue weighted by molar-refractivity contribution is 5.94. The fourth-order valence-corrected chi connectivity index (χ4v) is 3.24. The first-order valence-corrected chi connectivity index (χ1v) is 10.8. The summed E-state index contributed by atoms with van der Waals surface area (Å²) in [5.74, 6) is 0.941. The maximum absolute atomic E-state index is 12.3. The molecule has 3 N–H and O–H groups in total. The number of guanidine groups is 1. The average Bonchev–Trinajstić information content (AvgIpc) is 3.13. The molecular formula is C22H36N6O2. The zero-order chi connectivity index (χ0) is 21.8. The van der Waals surface area contributed by atoms with Crippen molar-refractivity contribution < 1.29 is 9.59 Å². The van der Waals surface area contributed by atoms with E-state index in [2.05, 4.69) is 20.9 Å². The lowest BCUT2D eigenvalue weighted by molar-refractivity contribution is -0.127. The van der Waals surface area contributed by atoms with Gasteiger partial charge in [0.15, 0.2) is 5.96 Å². The van der Waals surface area contributed by atoms with E-state index in [0.717, 1.165) is 57.1 Å². The molecule has 0 aliphatic carbocycles. The molecular weight excluding hydrogens is 380 g/mol. The first-order chi connectivity index (χ1) is 14.5. The van der Waals surface area contributed by atoms with Crippen molar-refractivity contribution in [3.05, 3.63) is 35.4 Å². The van der Waals surface area contributed by atoms with Gasteiger partial charge in [0, 0.05) is 51.3 Å². The molecule has 0 aromatic heterocycles. The lowest BCUT2D eigenvalue weighted by Gasteiger charge is -2.16. The van der Waals surface area contributed by atoms with E-state index in [1.807, 2.05) is 55.1 Å². The second-order valence-electron chi connectivity index (χ2n) is 7.72.